The summed E-state index contributed by atoms with van der Waals surface area (Å²) in [6, 6.07) is 8.71. The normalized spacial score (nSPS) is 18.5. The Morgan fingerprint density at radius 1 is 1.17 bits per heavy atom. The number of pyridine rings is 1. The van der Waals surface area contributed by atoms with Crippen molar-refractivity contribution in [1.29, 1.82) is 0 Å². The monoisotopic (exact) mass is 477 g/mol. The molecule has 2 aliphatic heterocycles. The second-order valence-electron chi connectivity index (χ2n) is 9.45. The number of fused-ring (bicyclic) bond motifs is 2. The van der Waals surface area contributed by atoms with E-state index in [0.29, 0.717) is 18.5 Å². The van der Waals surface area contributed by atoms with E-state index >= 15 is 0 Å². The molecule has 1 aromatic carbocycles. The number of aryl methyl sites for hydroxylation is 2. The van der Waals surface area contributed by atoms with Crippen molar-refractivity contribution < 1.29 is 14.3 Å². The maximum Gasteiger partial charge on any atom is 0.251 e. The zero-order chi connectivity index (χ0) is 24.6. The molecular formula is C29H39N3O3. The molecule has 1 amide bonds. The lowest BCUT2D eigenvalue weighted by Crippen LogP contribution is -2.40. The third-order valence-corrected chi connectivity index (χ3v) is 7.16. The smallest absolute Gasteiger partial charge is 0.251 e. The van der Waals surface area contributed by atoms with Crippen molar-refractivity contribution in [3.05, 3.63) is 64.4 Å². The number of carbonyl (C=O) groups excluding carboxylic acids is 1. The van der Waals surface area contributed by atoms with Gasteiger partial charge in [-0.1, -0.05) is 18.2 Å². The summed E-state index contributed by atoms with van der Waals surface area (Å²) in [5.74, 6) is 0.557. The first-order valence-electron chi connectivity index (χ1n) is 13.0. The van der Waals surface area contributed by atoms with Gasteiger partial charge in [-0.25, -0.2) is 4.98 Å². The maximum atomic E-state index is 13.6. The molecule has 2 aromatic rings. The van der Waals surface area contributed by atoms with Crippen molar-refractivity contribution in [2.45, 2.75) is 71.4 Å². The van der Waals surface area contributed by atoms with E-state index in [2.05, 4.69) is 46.4 Å². The number of anilines is 1. The standard InChI is InChI=1S/C29H39N3O3/c1-4-32(23-15-17-35-18-16-23)27-14-10-13-25-24(27)12-9-7-5-6-8-11-22-19-21(2)31-29(34-3)26(22)20-30-28(25)33/h7,9-10,13-14,19,23H,4-6,8,11-12,15-18,20H2,1-3H3,(H,30,33)/b9-7-. The first-order valence-corrected chi connectivity index (χ1v) is 13.0. The van der Waals surface area contributed by atoms with Gasteiger partial charge in [0.2, 0.25) is 5.88 Å². The Balaban J connectivity index is 1.70. The quantitative estimate of drug-likeness (QED) is 0.617. The molecule has 2 aliphatic rings. The van der Waals surface area contributed by atoms with E-state index < -0.39 is 0 Å². The highest BCUT2D eigenvalue weighted by atomic mass is 16.5. The highest BCUT2D eigenvalue weighted by molar-refractivity contribution is 5.97. The molecule has 3 heterocycles. The number of allylic oxidation sites excluding steroid dienone is 2. The first kappa shape index (κ1) is 25.2. The molecular weight excluding hydrogens is 438 g/mol. The molecule has 1 saturated heterocycles. The van der Waals surface area contributed by atoms with Gasteiger partial charge < -0.3 is 19.7 Å². The number of hydrogen-bond donors (Lipinski definition) is 1. The lowest BCUT2D eigenvalue weighted by Gasteiger charge is -2.37. The Morgan fingerprint density at radius 2 is 2.00 bits per heavy atom. The van der Waals surface area contributed by atoms with Crippen molar-refractivity contribution in [3.8, 4) is 5.88 Å². The molecule has 1 fully saturated rings. The molecule has 0 saturated carbocycles. The first-order chi connectivity index (χ1) is 17.1. The van der Waals surface area contributed by atoms with Gasteiger partial charge in [-0.05, 0) is 88.1 Å². The van der Waals surface area contributed by atoms with E-state index in [1.807, 2.05) is 19.1 Å². The average Bonchev–Trinajstić information content (AvgIpc) is 2.88. The second-order valence-corrected chi connectivity index (χ2v) is 9.45. The van der Waals surface area contributed by atoms with Crippen molar-refractivity contribution in [2.75, 3.05) is 31.8 Å². The van der Waals surface area contributed by atoms with Gasteiger partial charge in [-0.3, -0.25) is 4.79 Å². The van der Waals surface area contributed by atoms with Crippen LogP contribution in [0.15, 0.2) is 36.4 Å². The van der Waals surface area contributed by atoms with Crippen LogP contribution in [0.1, 0.15) is 71.8 Å². The molecule has 6 heteroatoms. The Morgan fingerprint density at radius 3 is 2.77 bits per heavy atom. The maximum absolute atomic E-state index is 13.6. The number of benzene rings is 1. The van der Waals surface area contributed by atoms with E-state index in [0.717, 1.165) is 87.1 Å². The average molecular weight is 478 g/mol. The number of carbonyl (C=O) groups is 1. The molecule has 6 nitrogen and oxygen atoms in total. The van der Waals surface area contributed by atoms with E-state index in [4.69, 9.17) is 9.47 Å². The van der Waals surface area contributed by atoms with Crippen LogP contribution in [0.4, 0.5) is 5.69 Å². The number of nitrogens with zero attached hydrogens (tertiary/aromatic N) is 2. The Labute approximate surface area is 209 Å². The van der Waals surface area contributed by atoms with Crippen molar-refractivity contribution >= 4 is 11.6 Å². The van der Waals surface area contributed by atoms with Gasteiger partial charge in [-0.15, -0.1) is 0 Å². The summed E-state index contributed by atoms with van der Waals surface area (Å²) < 4.78 is 11.2. The summed E-state index contributed by atoms with van der Waals surface area (Å²) in [5, 5.41) is 3.19. The fourth-order valence-corrected chi connectivity index (χ4v) is 5.37. The summed E-state index contributed by atoms with van der Waals surface area (Å²) >= 11 is 0. The molecule has 1 aromatic heterocycles. The Kier molecular flexibility index (Phi) is 8.80. The Hall–Kier alpha value is -2.86. The number of nitrogens with one attached hydrogen (secondary N) is 1. The molecule has 35 heavy (non-hydrogen) atoms. The number of amides is 1. The minimum absolute atomic E-state index is 0.0519. The van der Waals surface area contributed by atoms with Crippen molar-refractivity contribution in [3.63, 3.8) is 0 Å². The topological polar surface area (TPSA) is 63.7 Å². The van der Waals surface area contributed by atoms with E-state index in [1.165, 1.54) is 11.3 Å². The zero-order valence-corrected chi connectivity index (χ0v) is 21.4. The van der Waals surface area contributed by atoms with Crippen molar-refractivity contribution in [2.24, 2.45) is 0 Å². The summed E-state index contributed by atoms with van der Waals surface area (Å²) in [7, 11) is 1.65. The fraction of sp³-hybridized carbons (Fsp3) is 0.517. The zero-order valence-electron chi connectivity index (χ0n) is 21.4. The lowest BCUT2D eigenvalue weighted by atomic mass is 9.96. The van der Waals surface area contributed by atoms with E-state index in [-0.39, 0.29) is 5.91 Å². The number of ether oxygens (including phenoxy) is 2. The minimum atomic E-state index is -0.0519. The van der Waals surface area contributed by atoms with Gasteiger partial charge in [0.05, 0.1) is 7.11 Å². The van der Waals surface area contributed by atoms with Crippen LogP contribution in [0.2, 0.25) is 0 Å². The lowest BCUT2D eigenvalue weighted by molar-refractivity contribution is 0.0845. The van der Waals surface area contributed by atoms with Gasteiger partial charge in [0.25, 0.3) is 5.91 Å². The molecule has 4 rings (SSSR count). The summed E-state index contributed by atoms with van der Waals surface area (Å²) in [5.41, 5.74) is 6.14. The molecule has 0 unspecified atom stereocenters. The second kappa shape index (κ2) is 12.2. The number of hydrogen-bond acceptors (Lipinski definition) is 5. The van der Waals surface area contributed by atoms with Crippen LogP contribution in [0, 0.1) is 6.92 Å². The van der Waals surface area contributed by atoms with Gasteiger partial charge in [0.1, 0.15) is 0 Å². The highest BCUT2D eigenvalue weighted by Gasteiger charge is 2.25. The summed E-state index contributed by atoms with van der Waals surface area (Å²) in [6.07, 6.45) is 11.5. The molecule has 0 aliphatic carbocycles. The van der Waals surface area contributed by atoms with Crippen LogP contribution in [0.5, 0.6) is 5.88 Å². The minimum Gasteiger partial charge on any atom is -0.481 e. The molecule has 188 valence electrons. The summed E-state index contributed by atoms with van der Waals surface area (Å²) in [4.78, 5) is 20.6. The fourth-order valence-electron chi connectivity index (χ4n) is 5.37. The number of rotatable bonds is 4. The molecule has 0 spiro atoms. The third-order valence-electron chi connectivity index (χ3n) is 7.16. The predicted octanol–water partition coefficient (Wildman–Crippen LogP) is 5.16. The van der Waals surface area contributed by atoms with Gasteiger partial charge in [0, 0.05) is 54.9 Å². The van der Waals surface area contributed by atoms with Crippen molar-refractivity contribution in [1.82, 2.24) is 10.3 Å². The van der Waals surface area contributed by atoms with Crippen LogP contribution in [-0.2, 0) is 24.1 Å². The van der Waals surface area contributed by atoms with E-state index in [1.54, 1.807) is 7.11 Å². The Bertz CT molecular complexity index is 1040. The number of aromatic nitrogens is 1. The highest BCUT2D eigenvalue weighted by Crippen LogP contribution is 2.30. The van der Waals surface area contributed by atoms with Crippen LogP contribution >= 0.6 is 0 Å². The molecule has 1 N–H and O–H groups in total. The summed E-state index contributed by atoms with van der Waals surface area (Å²) in [6.45, 7) is 7.09. The number of methoxy groups -OCH3 is 1. The van der Waals surface area contributed by atoms with Gasteiger partial charge in [-0.2, -0.15) is 0 Å². The van der Waals surface area contributed by atoms with Crippen LogP contribution < -0.4 is 15.0 Å². The van der Waals surface area contributed by atoms with Gasteiger partial charge >= 0.3 is 0 Å². The van der Waals surface area contributed by atoms with Crippen LogP contribution in [-0.4, -0.2) is 43.8 Å². The largest absolute Gasteiger partial charge is 0.481 e. The predicted molar refractivity (Wildman–Crippen MR) is 140 cm³/mol. The van der Waals surface area contributed by atoms with Gasteiger partial charge in [0.15, 0.2) is 0 Å². The molecule has 0 bridgehead atoms. The third kappa shape index (κ3) is 6.04. The van der Waals surface area contributed by atoms with E-state index in [9.17, 15) is 4.79 Å². The molecule has 0 atom stereocenters. The SMILES string of the molecule is CCN(c1cccc2c1C/C=C\CCCCc1cc(C)nc(OC)c1CNC2=O)C1CCOCC1. The van der Waals surface area contributed by atoms with Crippen LogP contribution in [0.3, 0.4) is 0 Å². The molecule has 0 radical (unpaired) electrons. The van der Waals surface area contributed by atoms with Crippen LogP contribution in [0.25, 0.3) is 0 Å².